The lowest BCUT2D eigenvalue weighted by Crippen LogP contribution is -2.23. The molecule has 1 saturated carbocycles. The highest BCUT2D eigenvalue weighted by Gasteiger charge is 2.23. The van der Waals surface area contributed by atoms with Crippen LogP contribution in [0.2, 0.25) is 0 Å². The van der Waals surface area contributed by atoms with Crippen molar-refractivity contribution in [2.45, 2.75) is 52.4 Å². The molecule has 0 aliphatic heterocycles. The summed E-state index contributed by atoms with van der Waals surface area (Å²) in [4.78, 5) is 9.66. The van der Waals surface area contributed by atoms with Gasteiger partial charge in [-0.15, -0.1) is 0 Å². The summed E-state index contributed by atoms with van der Waals surface area (Å²) in [5.41, 5.74) is 3.88. The van der Waals surface area contributed by atoms with E-state index in [0.717, 1.165) is 57.1 Å². The summed E-state index contributed by atoms with van der Waals surface area (Å²) in [6.45, 7) is 7.03. The minimum absolute atomic E-state index is 0.762. The highest BCUT2D eigenvalue weighted by molar-refractivity contribution is 5.27. The highest BCUT2D eigenvalue weighted by atomic mass is 16.5. The Hall–Kier alpha value is -1.00. The molecule has 1 aliphatic carbocycles. The molecule has 1 aromatic heterocycles. The van der Waals surface area contributed by atoms with Gasteiger partial charge in [0, 0.05) is 31.5 Å². The number of rotatable bonds is 10. The second kappa shape index (κ2) is 8.44. The molecule has 0 radical (unpaired) electrons. The van der Waals surface area contributed by atoms with Gasteiger partial charge in [0.25, 0.3) is 0 Å². The summed E-state index contributed by atoms with van der Waals surface area (Å²) in [7, 11) is 1.73. The third-order valence-electron chi connectivity index (χ3n) is 4.10. The molecule has 4 nitrogen and oxygen atoms in total. The smallest absolute Gasteiger partial charge is 0.129 e. The molecule has 0 spiro atoms. The van der Waals surface area contributed by atoms with Crippen LogP contribution in [0.15, 0.2) is 0 Å². The second-order valence-electron chi connectivity index (χ2n) is 5.86. The minimum atomic E-state index is 0.762. The lowest BCUT2D eigenvalue weighted by Gasteiger charge is -2.14. The summed E-state index contributed by atoms with van der Waals surface area (Å²) in [5.74, 6) is 1.92. The Balaban J connectivity index is 2.02. The van der Waals surface area contributed by atoms with Crippen LogP contribution in [-0.2, 0) is 30.4 Å². The summed E-state index contributed by atoms with van der Waals surface area (Å²) in [6, 6.07) is 0. The number of aromatic nitrogens is 2. The predicted molar refractivity (Wildman–Crippen MR) is 85.7 cm³/mol. The van der Waals surface area contributed by atoms with E-state index in [1.54, 1.807) is 7.11 Å². The third-order valence-corrected chi connectivity index (χ3v) is 4.10. The van der Waals surface area contributed by atoms with Crippen LogP contribution in [0.4, 0.5) is 0 Å². The van der Waals surface area contributed by atoms with Crippen LogP contribution in [0.1, 0.15) is 49.5 Å². The van der Waals surface area contributed by atoms with Crippen LogP contribution in [0.3, 0.4) is 0 Å². The van der Waals surface area contributed by atoms with E-state index in [2.05, 4.69) is 19.2 Å². The van der Waals surface area contributed by atoms with Crippen LogP contribution in [0.25, 0.3) is 0 Å². The van der Waals surface area contributed by atoms with E-state index in [-0.39, 0.29) is 0 Å². The summed E-state index contributed by atoms with van der Waals surface area (Å²) in [5, 5.41) is 3.41. The number of hydrogen-bond acceptors (Lipinski definition) is 4. The number of nitrogens with zero attached hydrogens (tertiary/aromatic N) is 2. The van der Waals surface area contributed by atoms with Gasteiger partial charge in [0.05, 0.1) is 6.61 Å². The maximum absolute atomic E-state index is 5.06. The van der Waals surface area contributed by atoms with E-state index in [4.69, 9.17) is 14.7 Å². The zero-order valence-electron chi connectivity index (χ0n) is 13.7. The monoisotopic (exact) mass is 291 g/mol. The van der Waals surface area contributed by atoms with E-state index in [1.165, 1.54) is 29.8 Å². The quantitative estimate of drug-likeness (QED) is 0.672. The molecule has 0 saturated heterocycles. The molecular weight excluding hydrogens is 262 g/mol. The first-order valence-electron chi connectivity index (χ1n) is 8.35. The van der Waals surface area contributed by atoms with Gasteiger partial charge in [0.15, 0.2) is 0 Å². The average Bonchev–Trinajstić information content (AvgIpc) is 3.31. The molecule has 118 valence electrons. The molecule has 1 aromatic rings. The Bertz CT molecular complexity index is 419. The maximum atomic E-state index is 5.06. The SMILES string of the molecule is CCc1nc(CC2CC2)nc(CC)c1CCNCCOC. The van der Waals surface area contributed by atoms with E-state index in [0.29, 0.717) is 0 Å². The first-order chi connectivity index (χ1) is 10.3. The van der Waals surface area contributed by atoms with Gasteiger partial charge in [-0.3, -0.25) is 0 Å². The fraction of sp³-hybridized carbons (Fsp3) is 0.765. The molecular formula is C17H29N3O. The van der Waals surface area contributed by atoms with Crippen molar-refractivity contribution in [3.05, 3.63) is 22.8 Å². The van der Waals surface area contributed by atoms with Crippen molar-refractivity contribution in [1.29, 1.82) is 0 Å². The molecule has 21 heavy (non-hydrogen) atoms. The molecule has 1 fully saturated rings. The number of nitrogens with one attached hydrogen (secondary N) is 1. The van der Waals surface area contributed by atoms with Gasteiger partial charge in [-0.25, -0.2) is 9.97 Å². The summed E-state index contributed by atoms with van der Waals surface area (Å²) >= 11 is 0. The number of aryl methyl sites for hydroxylation is 2. The molecule has 4 heteroatoms. The molecule has 2 rings (SSSR count). The standard InChI is InChI=1S/C17H29N3O/c1-4-15-14(8-9-18-10-11-21-3)16(5-2)20-17(19-15)12-13-6-7-13/h13,18H,4-12H2,1-3H3. The van der Waals surface area contributed by atoms with Crippen molar-refractivity contribution in [1.82, 2.24) is 15.3 Å². The second-order valence-corrected chi connectivity index (χ2v) is 5.86. The fourth-order valence-corrected chi connectivity index (χ4v) is 2.70. The number of methoxy groups -OCH3 is 1. The van der Waals surface area contributed by atoms with Crippen LogP contribution < -0.4 is 5.32 Å². The van der Waals surface area contributed by atoms with E-state index >= 15 is 0 Å². The summed E-state index contributed by atoms with van der Waals surface area (Å²) < 4.78 is 5.06. The van der Waals surface area contributed by atoms with Gasteiger partial charge in [0.1, 0.15) is 5.82 Å². The molecule has 0 amide bonds. The Kier molecular flexibility index (Phi) is 6.58. The van der Waals surface area contributed by atoms with E-state index in [1.807, 2.05) is 0 Å². The minimum Gasteiger partial charge on any atom is -0.383 e. The lowest BCUT2D eigenvalue weighted by molar-refractivity contribution is 0.199. The molecule has 1 N–H and O–H groups in total. The van der Waals surface area contributed by atoms with Crippen LogP contribution in [0, 0.1) is 5.92 Å². The van der Waals surface area contributed by atoms with Crippen LogP contribution in [0.5, 0.6) is 0 Å². The Morgan fingerprint density at radius 2 is 1.76 bits per heavy atom. The van der Waals surface area contributed by atoms with Gasteiger partial charge in [-0.05, 0) is 50.1 Å². The van der Waals surface area contributed by atoms with Crippen molar-refractivity contribution < 1.29 is 4.74 Å². The molecule has 0 unspecified atom stereocenters. The van der Waals surface area contributed by atoms with E-state index in [9.17, 15) is 0 Å². The lowest BCUT2D eigenvalue weighted by atomic mass is 10.0. The van der Waals surface area contributed by atoms with E-state index < -0.39 is 0 Å². The fourth-order valence-electron chi connectivity index (χ4n) is 2.70. The first-order valence-corrected chi connectivity index (χ1v) is 8.35. The zero-order valence-corrected chi connectivity index (χ0v) is 13.7. The topological polar surface area (TPSA) is 47.0 Å². The maximum Gasteiger partial charge on any atom is 0.129 e. The van der Waals surface area contributed by atoms with Crippen molar-refractivity contribution in [2.75, 3.05) is 26.8 Å². The first kappa shape index (κ1) is 16.4. The Labute approximate surface area is 128 Å². The zero-order chi connectivity index (χ0) is 15.1. The molecule has 0 atom stereocenters. The van der Waals surface area contributed by atoms with Gasteiger partial charge < -0.3 is 10.1 Å². The highest BCUT2D eigenvalue weighted by Crippen LogP contribution is 2.32. The van der Waals surface area contributed by atoms with Gasteiger partial charge in [0.2, 0.25) is 0 Å². The van der Waals surface area contributed by atoms with Gasteiger partial charge in [-0.2, -0.15) is 0 Å². The normalized spacial score (nSPS) is 14.6. The van der Waals surface area contributed by atoms with Crippen molar-refractivity contribution in [3.8, 4) is 0 Å². The van der Waals surface area contributed by atoms with Crippen LogP contribution >= 0.6 is 0 Å². The Morgan fingerprint density at radius 1 is 1.10 bits per heavy atom. The third kappa shape index (κ3) is 5.04. The largest absolute Gasteiger partial charge is 0.383 e. The molecule has 0 aromatic carbocycles. The summed E-state index contributed by atoms with van der Waals surface area (Å²) in [6.07, 6.45) is 6.81. The molecule has 0 bridgehead atoms. The number of ether oxygens (including phenoxy) is 1. The average molecular weight is 291 g/mol. The van der Waals surface area contributed by atoms with Gasteiger partial charge >= 0.3 is 0 Å². The molecule has 1 heterocycles. The van der Waals surface area contributed by atoms with Crippen molar-refractivity contribution in [3.63, 3.8) is 0 Å². The van der Waals surface area contributed by atoms with Crippen molar-refractivity contribution >= 4 is 0 Å². The predicted octanol–water partition coefficient (Wildman–Crippen LogP) is 2.33. The van der Waals surface area contributed by atoms with Crippen molar-refractivity contribution in [2.24, 2.45) is 5.92 Å². The van der Waals surface area contributed by atoms with Crippen LogP contribution in [-0.4, -0.2) is 36.8 Å². The molecule has 1 aliphatic rings. The number of hydrogen-bond donors (Lipinski definition) is 1. The Morgan fingerprint density at radius 3 is 2.29 bits per heavy atom. The van der Waals surface area contributed by atoms with Gasteiger partial charge in [-0.1, -0.05) is 13.8 Å².